The fourth-order valence-corrected chi connectivity index (χ4v) is 1.95. The van der Waals surface area contributed by atoms with Crippen molar-refractivity contribution in [2.45, 2.75) is 71.6 Å². The molecule has 3 heteroatoms. The summed E-state index contributed by atoms with van der Waals surface area (Å²) in [5.41, 5.74) is 4.80. The molecule has 0 aromatic carbocycles. The van der Waals surface area contributed by atoms with Crippen LogP contribution in [0.15, 0.2) is 0 Å². The summed E-state index contributed by atoms with van der Waals surface area (Å²) in [5.74, 6) is -0.761. The van der Waals surface area contributed by atoms with Crippen LogP contribution in [0.2, 0.25) is 0 Å². The summed E-state index contributed by atoms with van der Waals surface area (Å²) >= 11 is 0. The first-order valence-electron chi connectivity index (χ1n) is 7.00. The summed E-state index contributed by atoms with van der Waals surface area (Å²) in [6.45, 7) is 4.20. The maximum absolute atomic E-state index is 11.0. The summed E-state index contributed by atoms with van der Waals surface area (Å²) in [5, 5.41) is 9.05. The highest BCUT2D eigenvalue weighted by atomic mass is 16.4. The zero-order chi connectivity index (χ0) is 13.1. The molecular formula is C14H29NO2. The molecule has 0 radical (unpaired) electrons. The van der Waals surface area contributed by atoms with Gasteiger partial charge in [0, 0.05) is 6.54 Å². The number of hydrogen-bond acceptors (Lipinski definition) is 2. The molecule has 0 bridgehead atoms. The Morgan fingerprint density at radius 1 is 1.06 bits per heavy atom. The van der Waals surface area contributed by atoms with Crippen molar-refractivity contribution in [2.24, 2.45) is 11.1 Å². The Labute approximate surface area is 106 Å². The van der Waals surface area contributed by atoms with Crippen LogP contribution < -0.4 is 5.73 Å². The van der Waals surface area contributed by atoms with E-state index >= 15 is 0 Å². The third kappa shape index (κ3) is 7.37. The van der Waals surface area contributed by atoms with Gasteiger partial charge in [-0.25, -0.2) is 0 Å². The van der Waals surface area contributed by atoms with E-state index < -0.39 is 11.4 Å². The Balaban J connectivity index is 3.47. The van der Waals surface area contributed by atoms with Gasteiger partial charge in [0.15, 0.2) is 0 Å². The van der Waals surface area contributed by atoms with Crippen molar-refractivity contribution in [2.75, 3.05) is 6.54 Å². The van der Waals surface area contributed by atoms with Gasteiger partial charge in [-0.15, -0.1) is 0 Å². The maximum Gasteiger partial charge on any atom is 0.310 e. The molecule has 0 aliphatic heterocycles. The van der Waals surface area contributed by atoms with Crippen LogP contribution in [-0.2, 0) is 4.79 Å². The van der Waals surface area contributed by atoms with Crippen LogP contribution in [0.4, 0.5) is 0 Å². The van der Waals surface area contributed by atoms with E-state index in [2.05, 4.69) is 6.92 Å². The number of rotatable bonds is 11. The van der Waals surface area contributed by atoms with Gasteiger partial charge in [0.1, 0.15) is 0 Å². The molecule has 0 rings (SSSR count). The van der Waals surface area contributed by atoms with Crippen molar-refractivity contribution < 1.29 is 9.90 Å². The molecule has 0 saturated carbocycles. The second-order valence-electron chi connectivity index (χ2n) is 5.29. The number of aliphatic carboxylic acids is 1. The molecule has 0 aromatic heterocycles. The van der Waals surface area contributed by atoms with Gasteiger partial charge < -0.3 is 10.8 Å². The van der Waals surface area contributed by atoms with Crippen LogP contribution in [0, 0.1) is 5.41 Å². The fourth-order valence-electron chi connectivity index (χ4n) is 1.95. The molecule has 102 valence electrons. The lowest BCUT2D eigenvalue weighted by Gasteiger charge is -2.22. The minimum atomic E-state index is -0.761. The summed E-state index contributed by atoms with van der Waals surface area (Å²) in [6.07, 6.45) is 10.6. The first-order valence-corrected chi connectivity index (χ1v) is 7.00. The van der Waals surface area contributed by atoms with E-state index in [0.717, 1.165) is 12.8 Å². The summed E-state index contributed by atoms with van der Waals surface area (Å²) in [4.78, 5) is 11.0. The Bertz CT molecular complexity index is 206. The molecule has 0 spiro atoms. The number of hydrogen-bond donors (Lipinski definition) is 2. The van der Waals surface area contributed by atoms with E-state index in [4.69, 9.17) is 10.8 Å². The van der Waals surface area contributed by atoms with Gasteiger partial charge in [-0.2, -0.15) is 0 Å². The van der Waals surface area contributed by atoms with Crippen LogP contribution in [-0.4, -0.2) is 17.6 Å². The standard InChI is InChI=1S/C14H29NO2/c1-3-4-5-6-7-8-9-10-11-14(2,12-15)13(16)17/h3-12,15H2,1-2H3,(H,16,17). The predicted octanol–water partition coefficient (Wildman–Crippen LogP) is 3.57. The molecular weight excluding hydrogens is 214 g/mol. The summed E-state index contributed by atoms with van der Waals surface area (Å²) in [6, 6.07) is 0. The molecule has 0 aliphatic rings. The SMILES string of the molecule is CCCCCCCCCCC(C)(CN)C(=O)O. The summed E-state index contributed by atoms with van der Waals surface area (Å²) in [7, 11) is 0. The van der Waals surface area contributed by atoms with E-state index in [1.165, 1.54) is 38.5 Å². The lowest BCUT2D eigenvalue weighted by atomic mass is 9.85. The molecule has 0 aromatic rings. The molecule has 0 amide bonds. The van der Waals surface area contributed by atoms with Crippen molar-refractivity contribution in [3.8, 4) is 0 Å². The number of carbonyl (C=O) groups is 1. The number of carboxylic acid groups (broad SMARTS) is 1. The Morgan fingerprint density at radius 3 is 1.94 bits per heavy atom. The average Bonchev–Trinajstić information content (AvgIpc) is 2.32. The van der Waals surface area contributed by atoms with Gasteiger partial charge in [0.05, 0.1) is 5.41 Å². The van der Waals surface area contributed by atoms with E-state index in [1.807, 2.05) is 0 Å². The van der Waals surface area contributed by atoms with Crippen molar-refractivity contribution in [3.63, 3.8) is 0 Å². The fraction of sp³-hybridized carbons (Fsp3) is 0.929. The first-order chi connectivity index (χ1) is 8.06. The first kappa shape index (κ1) is 16.4. The van der Waals surface area contributed by atoms with Gasteiger partial charge in [-0.3, -0.25) is 4.79 Å². The number of nitrogens with two attached hydrogens (primary N) is 1. The molecule has 3 N–H and O–H groups in total. The predicted molar refractivity (Wildman–Crippen MR) is 72.0 cm³/mol. The third-order valence-corrected chi connectivity index (χ3v) is 3.55. The molecule has 0 aliphatic carbocycles. The molecule has 0 saturated heterocycles. The minimum Gasteiger partial charge on any atom is -0.481 e. The quantitative estimate of drug-likeness (QED) is 0.545. The van der Waals surface area contributed by atoms with Crippen LogP contribution in [0.25, 0.3) is 0 Å². The molecule has 3 nitrogen and oxygen atoms in total. The molecule has 1 unspecified atom stereocenters. The maximum atomic E-state index is 11.0. The molecule has 1 atom stereocenters. The second-order valence-corrected chi connectivity index (χ2v) is 5.29. The topological polar surface area (TPSA) is 63.3 Å². The average molecular weight is 243 g/mol. The van der Waals surface area contributed by atoms with Crippen molar-refractivity contribution >= 4 is 5.97 Å². The minimum absolute atomic E-state index is 0.235. The number of carboxylic acids is 1. The van der Waals surface area contributed by atoms with E-state index in [1.54, 1.807) is 6.92 Å². The highest BCUT2D eigenvalue weighted by Crippen LogP contribution is 2.23. The van der Waals surface area contributed by atoms with E-state index in [0.29, 0.717) is 6.42 Å². The zero-order valence-electron chi connectivity index (χ0n) is 11.5. The summed E-state index contributed by atoms with van der Waals surface area (Å²) < 4.78 is 0. The van der Waals surface area contributed by atoms with Gasteiger partial charge in [0.2, 0.25) is 0 Å². The Hall–Kier alpha value is -0.570. The van der Waals surface area contributed by atoms with Crippen LogP contribution in [0.1, 0.15) is 71.6 Å². The van der Waals surface area contributed by atoms with Crippen molar-refractivity contribution in [1.82, 2.24) is 0 Å². The highest BCUT2D eigenvalue weighted by Gasteiger charge is 2.30. The third-order valence-electron chi connectivity index (χ3n) is 3.55. The highest BCUT2D eigenvalue weighted by molar-refractivity contribution is 5.74. The van der Waals surface area contributed by atoms with Gasteiger partial charge >= 0.3 is 5.97 Å². The van der Waals surface area contributed by atoms with Crippen LogP contribution in [0.3, 0.4) is 0 Å². The van der Waals surface area contributed by atoms with Crippen molar-refractivity contribution in [3.05, 3.63) is 0 Å². The van der Waals surface area contributed by atoms with Gasteiger partial charge in [0.25, 0.3) is 0 Å². The lowest BCUT2D eigenvalue weighted by Crippen LogP contribution is -2.35. The zero-order valence-corrected chi connectivity index (χ0v) is 11.5. The van der Waals surface area contributed by atoms with E-state index in [-0.39, 0.29) is 6.54 Å². The van der Waals surface area contributed by atoms with Gasteiger partial charge in [-0.05, 0) is 13.3 Å². The Kier molecular flexibility index (Phi) is 9.14. The normalized spacial score (nSPS) is 14.5. The number of unbranched alkanes of at least 4 members (excludes halogenated alkanes) is 7. The lowest BCUT2D eigenvalue weighted by molar-refractivity contribution is -0.147. The second kappa shape index (κ2) is 9.46. The van der Waals surface area contributed by atoms with Crippen LogP contribution >= 0.6 is 0 Å². The molecule has 0 heterocycles. The Morgan fingerprint density at radius 2 is 1.53 bits per heavy atom. The molecule has 17 heavy (non-hydrogen) atoms. The monoisotopic (exact) mass is 243 g/mol. The molecule has 0 fully saturated rings. The van der Waals surface area contributed by atoms with Crippen LogP contribution in [0.5, 0.6) is 0 Å². The smallest absolute Gasteiger partial charge is 0.310 e. The largest absolute Gasteiger partial charge is 0.481 e. The van der Waals surface area contributed by atoms with Crippen molar-refractivity contribution in [1.29, 1.82) is 0 Å². The van der Waals surface area contributed by atoms with Gasteiger partial charge in [-0.1, -0.05) is 58.3 Å². The van der Waals surface area contributed by atoms with E-state index in [9.17, 15) is 4.79 Å².